The van der Waals surface area contributed by atoms with E-state index in [0.717, 1.165) is 12.8 Å². The molecule has 0 radical (unpaired) electrons. The Kier molecular flexibility index (Phi) is 3.48. The van der Waals surface area contributed by atoms with E-state index in [1.807, 2.05) is 6.92 Å². The Hall–Kier alpha value is -1.08. The van der Waals surface area contributed by atoms with E-state index in [1.54, 1.807) is 4.90 Å². The number of hydrogen-bond donors (Lipinski definition) is 1. The highest BCUT2D eigenvalue weighted by Gasteiger charge is 2.31. The first-order chi connectivity index (χ1) is 6.61. The lowest BCUT2D eigenvalue weighted by atomic mass is 9.81. The van der Waals surface area contributed by atoms with Crippen LogP contribution in [0.15, 0.2) is 0 Å². The highest BCUT2D eigenvalue weighted by molar-refractivity contribution is 5.79. The molecule has 1 saturated heterocycles. The van der Waals surface area contributed by atoms with Crippen LogP contribution >= 0.6 is 0 Å². The monoisotopic (exact) mass is 196 g/mol. The van der Waals surface area contributed by atoms with Gasteiger partial charge >= 0.3 is 5.91 Å². The van der Waals surface area contributed by atoms with Crippen LogP contribution < -0.4 is 0 Å². The second-order valence-corrected chi connectivity index (χ2v) is 4.17. The van der Waals surface area contributed by atoms with E-state index >= 15 is 0 Å². The van der Waals surface area contributed by atoms with Gasteiger partial charge in [-0.2, -0.15) is 0 Å². The quantitative estimate of drug-likeness (QED) is 0.655. The minimum absolute atomic E-state index is 0.0328. The summed E-state index contributed by atoms with van der Waals surface area (Å²) in [4.78, 5) is 16.1. The standard InChI is InChI=1S/C10H16N2O2/c1-10(8-13)3-5-12(6-4-10)9(14)7-11-2/h13H,3-8H2,1H3. The molecule has 4 nitrogen and oxygen atoms in total. The van der Waals surface area contributed by atoms with Crippen LogP contribution in [0.2, 0.25) is 0 Å². The summed E-state index contributed by atoms with van der Waals surface area (Å²) in [6.45, 7) is 10.1. The maximum absolute atomic E-state index is 11.3. The van der Waals surface area contributed by atoms with Gasteiger partial charge in [0.05, 0.1) is 0 Å². The summed E-state index contributed by atoms with van der Waals surface area (Å²) in [5.41, 5.74) is -0.0328. The third-order valence-corrected chi connectivity index (χ3v) is 2.92. The number of nitrogens with zero attached hydrogens (tertiary/aromatic N) is 2. The van der Waals surface area contributed by atoms with Crippen molar-refractivity contribution in [3.05, 3.63) is 11.4 Å². The van der Waals surface area contributed by atoms with Gasteiger partial charge in [-0.3, -0.25) is 4.79 Å². The predicted octanol–water partition coefficient (Wildman–Crippen LogP) is 0.527. The van der Waals surface area contributed by atoms with Crippen molar-refractivity contribution in [2.45, 2.75) is 19.8 Å². The number of carbonyl (C=O) groups is 1. The summed E-state index contributed by atoms with van der Waals surface area (Å²) in [7, 11) is 0. The van der Waals surface area contributed by atoms with Gasteiger partial charge in [-0.15, -0.1) is 0 Å². The van der Waals surface area contributed by atoms with Crippen LogP contribution in [-0.4, -0.2) is 42.2 Å². The van der Waals surface area contributed by atoms with Crippen LogP contribution in [0.4, 0.5) is 0 Å². The first-order valence-electron chi connectivity index (χ1n) is 4.83. The molecule has 0 aliphatic carbocycles. The lowest BCUT2D eigenvalue weighted by Gasteiger charge is -2.37. The van der Waals surface area contributed by atoms with Crippen molar-refractivity contribution in [1.29, 1.82) is 0 Å². The molecule has 0 saturated carbocycles. The Balaban J connectivity index is 2.44. The van der Waals surface area contributed by atoms with Crippen molar-refractivity contribution >= 4 is 5.91 Å². The molecule has 1 aliphatic rings. The molecule has 0 atom stereocenters. The van der Waals surface area contributed by atoms with Gasteiger partial charge < -0.3 is 14.9 Å². The average Bonchev–Trinajstić information content (AvgIpc) is 2.19. The summed E-state index contributed by atoms with van der Waals surface area (Å²) >= 11 is 0. The number of aliphatic hydroxyl groups excluding tert-OH is 1. The fourth-order valence-electron chi connectivity index (χ4n) is 1.62. The zero-order valence-electron chi connectivity index (χ0n) is 8.49. The molecule has 1 amide bonds. The third-order valence-electron chi connectivity index (χ3n) is 2.92. The molecule has 14 heavy (non-hydrogen) atoms. The van der Waals surface area contributed by atoms with Gasteiger partial charge in [-0.25, -0.2) is 6.57 Å². The molecular weight excluding hydrogens is 180 g/mol. The van der Waals surface area contributed by atoms with Crippen LogP contribution in [0.3, 0.4) is 0 Å². The van der Waals surface area contributed by atoms with Gasteiger partial charge in [0, 0.05) is 19.7 Å². The molecule has 1 fully saturated rings. The van der Waals surface area contributed by atoms with Gasteiger partial charge in [0.2, 0.25) is 0 Å². The molecule has 0 aromatic heterocycles. The summed E-state index contributed by atoms with van der Waals surface area (Å²) in [5.74, 6) is -0.0833. The third kappa shape index (κ3) is 2.46. The number of hydrogen-bond acceptors (Lipinski definition) is 2. The lowest BCUT2D eigenvalue weighted by Crippen LogP contribution is -2.44. The second kappa shape index (κ2) is 4.43. The van der Waals surface area contributed by atoms with Crippen molar-refractivity contribution in [1.82, 2.24) is 4.90 Å². The predicted molar refractivity (Wildman–Crippen MR) is 52.5 cm³/mol. The van der Waals surface area contributed by atoms with E-state index < -0.39 is 0 Å². The Morgan fingerprint density at radius 3 is 2.57 bits per heavy atom. The minimum Gasteiger partial charge on any atom is -0.396 e. The van der Waals surface area contributed by atoms with Gasteiger partial charge in [0.1, 0.15) is 0 Å². The highest BCUT2D eigenvalue weighted by Crippen LogP contribution is 2.29. The average molecular weight is 196 g/mol. The molecular formula is C10H16N2O2. The number of rotatable bonds is 2. The zero-order chi connectivity index (χ0) is 10.6. The summed E-state index contributed by atoms with van der Waals surface area (Å²) in [6, 6.07) is 0. The van der Waals surface area contributed by atoms with E-state index in [4.69, 9.17) is 11.7 Å². The molecule has 0 aromatic rings. The van der Waals surface area contributed by atoms with E-state index in [-0.39, 0.29) is 24.5 Å². The van der Waals surface area contributed by atoms with Crippen LogP contribution in [0.5, 0.6) is 0 Å². The Bertz CT molecular complexity index is 249. The van der Waals surface area contributed by atoms with Gasteiger partial charge in [-0.05, 0) is 18.3 Å². The molecule has 78 valence electrons. The zero-order valence-corrected chi connectivity index (χ0v) is 8.49. The van der Waals surface area contributed by atoms with Crippen LogP contribution in [0.25, 0.3) is 4.85 Å². The molecule has 0 bridgehead atoms. The molecule has 0 spiro atoms. The molecule has 0 unspecified atom stereocenters. The minimum atomic E-state index is -0.0833. The van der Waals surface area contributed by atoms with E-state index in [1.165, 1.54) is 0 Å². The molecule has 1 heterocycles. The van der Waals surface area contributed by atoms with Crippen LogP contribution in [0.1, 0.15) is 19.8 Å². The van der Waals surface area contributed by atoms with Gasteiger partial charge in [-0.1, -0.05) is 6.92 Å². The van der Waals surface area contributed by atoms with Crippen molar-refractivity contribution in [3.8, 4) is 0 Å². The smallest absolute Gasteiger partial charge is 0.302 e. The Morgan fingerprint density at radius 1 is 1.57 bits per heavy atom. The number of carbonyl (C=O) groups excluding carboxylic acids is 1. The first-order valence-corrected chi connectivity index (χ1v) is 4.83. The van der Waals surface area contributed by atoms with Crippen molar-refractivity contribution in [3.63, 3.8) is 0 Å². The second-order valence-electron chi connectivity index (χ2n) is 4.17. The maximum Gasteiger partial charge on any atom is 0.302 e. The molecule has 0 aromatic carbocycles. The summed E-state index contributed by atoms with van der Waals surface area (Å²) < 4.78 is 0. The topological polar surface area (TPSA) is 44.9 Å². The Labute approximate surface area is 84.3 Å². The number of piperidine rings is 1. The molecule has 1 rings (SSSR count). The first kappa shape index (κ1) is 11.0. The van der Waals surface area contributed by atoms with E-state index in [0.29, 0.717) is 13.1 Å². The largest absolute Gasteiger partial charge is 0.396 e. The summed E-state index contributed by atoms with van der Waals surface area (Å²) in [6.07, 6.45) is 1.65. The molecule has 4 heteroatoms. The number of likely N-dealkylation sites (tertiary alicyclic amines) is 1. The fraction of sp³-hybridized carbons (Fsp3) is 0.800. The molecule has 1 aliphatic heterocycles. The maximum atomic E-state index is 11.3. The van der Waals surface area contributed by atoms with Gasteiger partial charge in [0.15, 0.2) is 0 Å². The Morgan fingerprint density at radius 2 is 2.14 bits per heavy atom. The van der Waals surface area contributed by atoms with E-state index in [2.05, 4.69) is 4.85 Å². The summed E-state index contributed by atoms with van der Waals surface area (Å²) in [5, 5.41) is 9.13. The molecule has 1 N–H and O–H groups in total. The van der Waals surface area contributed by atoms with Crippen molar-refractivity contribution in [2.75, 3.05) is 26.2 Å². The van der Waals surface area contributed by atoms with Crippen LogP contribution in [-0.2, 0) is 4.79 Å². The number of aliphatic hydroxyl groups is 1. The van der Waals surface area contributed by atoms with E-state index in [9.17, 15) is 4.79 Å². The van der Waals surface area contributed by atoms with Crippen molar-refractivity contribution in [2.24, 2.45) is 5.41 Å². The highest BCUT2D eigenvalue weighted by atomic mass is 16.3. The fourth-order valence-corrected chi connectivity index (χ4v) is 1.62. The number of amides is 1. The van der Waals surface area contributed by atoms with Crippen molar-refractivity contribution < 1.29 is 9.90 Å². The normalized spacial score (nSPS) is 20.2. The lowest BCUT2D eigenvalue weighted by molar-refractivity contribution is -0.131. The van der Waals surface area contributed by atoms with Crippen LogP contribution in [0, 0.1) is 12.0 Å². The SMILES string of the molecule is [C-]#[N+]CC(=O)N1CCC(C)(CO)CC1. The van der Waals surface area contributed by atoms with Gasteiger partial charge in [0.25, 0.3) is 6.54 Å².